The summed E-state index contributed by atoms with van der Waals surface area (Å²) in [5.74, 6) is -0.324. The van der Waals surface area contributed by atoms with Crippen LogP contribution < -0.4 is 10.6 Å². The number of carbonyl (C=O) groups is 1. The summed E-state index contributed by atoms with van der Waals surface area (Å²) in [4.78, 5) is 11.9. The van der Waals surface area contributed by atoms with Gasteiger partial charge >= 0.3 is 0 Å². The molecule has 0 unspecified atom stereocenters. The van der Waals surface area contributed by atoms with E-state index < -0.39 is 0 Å². The number of piperidine rings is 1. The molecule has 0 radical (unpaired) electrons. The zero-order valence-corrected chi connectivity index (χ0v) is 10.1. The van der Waals surface area contributed by atoms with Crippen molar-refractivity contribution in [1.29, 1.82) is 0 Å². The third-order valence-corrected chi connectivity index (χ3v) is 3.11. The molecule has 0 spiro atoms. The van der Waals surface area contributed by atoms with Crippen LogP contribution >= 0.6 is 11.6 Å². The summed E-state index contributed by atoms with van der Waals surface area (Å²) in [5, 5.41) is 16.2. The molecule has 17 heavy (non-hydrogen) atoms. The number of aromatic hydroxyl groups is 1. The molecule has 1 aliphatic rings. The molecule has 1 aromatic carbocycles. The average molecular weight is 255 g/mol. The van der Waals surface area contributed by atoms with Gasteiger partial charge in [0.15, 0.2) is 0 Å². The second-order valence-electron chi connectivity index (χ2n) is 4.16. The van der Waals surface area contributed by atoms with E-state index in [0.29, 0.717) is 5.02 Å². The van der Waals surface area contributed by atoms with Gasteiger partial charge in [0.05, 0.1) is 5.56 Å². The lowest BCUT2D eigenvalue weighted by Gasteiger charge is -2.23. The van der Waals surface area contributed by atoms with E-state index in [1.54, 1.807) is 6.07 Å². The van der Waals surface area contributed by atoms with E-state index in [0.717, 1.165) is 25.9 Å². The summed E-state index contributed by atoms with van der Waals surface area (Å²) in [6.07, 6.45) is 1.83. The molecule has 0 saturated carbocycles. The summed E-state index contributed by atoms with van der Waals surface area (Å²) in [6, 6.07) is 4.69. The molecule has 1 saturated heterocycles. The van der Waals surface area contributed by atoms with Crippen LogP contribution in [0.3, 0.4) is 0 Å². The van der Waals surface area contributed by atoms with Crippen LogP contribution in [0.2, 0.25) is 5.02 Å². The van der Waals surface area contributed by atoms with E-state index in [2.05, 4.69) is 10.6 Å². The lowest BCUT2D eigenvalue weighted by atomic mass is 10.1. The molecule has 0 bridgehead atoms. The molecule has 0 atom stereocenters. The number of phenolic OH excluding ortho intramolecular Hbond substituents is 1. The van der Waals surface area contributed by atoms with Crippen molar-refractivity contribution in [2.75, 3.05) is 13.1 Å². The first-order chi connectivity index (χ1) is 8.16. The van der Waals surface area contributed by atoms with Gasteiger partial charge in [0, 0.05) is 11.1 Å². The van der Waals surface area contributed by atoms with Crippen molar-refractivity contribution >= 4 is 17.5 Å². The summed E-state index contributed by atoms with van der Waals surface area (Å²) < 4.78 is 0. The van der Waals surface area contributed by atoms with Crippen LogP contribution in [0.5, 0.6) is 5.75 Å². The van der Waals surface area contributed by atoms with Crippen LogP contribution in [-0.4, -0.2) is 30.1 Å². The average Bonchev–Trinajstić information content (AvgIpc) is 2.30. The maximum absolute atomic E-state index is 11.9. The van der Waals surface area contributed by atoms with Crippen LogP contribution in [0.25, 0.3) is 0 Å². The normalized spacial score (nSPS) is 16.8. The van der Waals surface area contributed by atoms with E-state index in [9.17, 15) is 9.90 Å². The molecule has 92 valence electrons. The van der Waals surface area contributed by atoms with E-state index in [-0.39, 0.29) is 23.3 Å². The maximum atomic E-state index is 11.9. The van der Waals surface area contributed by atoms with Gasteiger partial charge in [0.2, 0.25) is 0 Å². The first kappa shape index (κ1) is 12.2. The number of amides is 1. The number of hydrogen-bond donors (Lipinski definition) is 3. The Kier molecular flexibility index (Phi) is 3.86. The zero-order chi connectivity index (χ0) is 12.3. The number of nitrogens with one attached hydrogen (secondary N) is 2. The molecular weight excluding hydrogens is 240 g/mol. The number of benzene rings is 1. The third-order valence-electron chi connectivity index (χ3n) is 2.88. The molecule has 4 nitrogen and oxygen atoms in total. The quantitative estimate of drug-likeness (QED) is 0.750. The summed E-state index contributed by atoms with van der Waals surface area (Å²) in [7, 11) is 0. The fourth-order valence-corrected chi connectivity index (χ4v) is 2.09. The maximum Gasteiger partial charge on any atom is 0.255 e. The lowest BCUT2D eigenvalue weighted by Crippen LogP contribution is -2.42. The Labute approximate surface area is 105 Å². The standard InChI is InChI=1S/C12H15ClN2O2/c13-8-1-2-10(11(16)7-8)12(17)15-9-3-5-14-6-4-9/h1-2,7,9,14,16H,3-6H2,(H,15,17). The Hall–Kier alpha value is -1.26. The zero-order valence-electron chi connectivity index (χ0n) is 9.37. The number of halogens is 1. The highest BCUT2D eigenvalue weighted by molar-refractivity contribution is 6.30. The SMILES string of the molecule is O=C(NC1CCNCC1)c1ccc(Cl)cc1O. The molecule has 1 aliphatic heterocycles. The molecule has 2 rings (SSSR count). The van der Waals surface area contributed by atoms with Gasteiger partial charge in [0.25, 0.3) is 5.91 Å². The van der Waals surface area contributed by atoms with Crippen LogP contribution in [-0.2, 0) is 0 Å². The summed E-state index contributed by atoms with van der Waals surface area (Å²) in [5.41, 5.74) is 0.271. The van der Waals surface area contributed by atoms with Gasteiger partial charge in [-0.1, -0.05) is 11.6 Å². The van der Waals surface area contributed by atoms with Crippen molar-refractivity contribution < 1.29 is 9.90 Å². The smallest absolute Gasteiger partial charge is 0.255 e. The van der Waals surface area contributed by atoms with E-state index in [4.69, 9.17) is 11.6 Å². The molecule has 1 heterocycles. The van der Waals surface area contributed by atoms with Crippen molar-refractivity contribution in [3.63, 3.8) is 0 Å². The van der Waals surface area contributed by atoms with Crippen LogP contribution in [0, 0.1) is 0 Å². The van der Waals surface area contributed by atoms with E-state index in [1.807, 2.05) is 0 Å². The van der Waals surface area contributed by atoms with Gasteiger partial charge in [-0.2, -0.15) is 0 Å². The number of carbonyl (C=O) groups excluding carboxylic acids is 1. The highest BCUT2D eigenvalue weighted by Gasteiger charge is 2.18. The van der Waals surface area contributed by atoms with Gasteiger partial charge in [-0.3, -0.25) is 4.79 Å². The molecule has 5 heteroatoms. The van der Waals surface area contributed by atoms with Gasteiger partial charge in [-0.25, -0.2) is 0 Å². The fraction of sp³-hybridized carbons (Fsp3) is 0.417. The van der Waals surface area contributed by atoms with Gasteiger partial charge in [0.1, 0.15) is 5.75 Å². The minimum absolute atomic E-state index is 0.0797. The van der Waals surface area contributed by atoms with Crippen LogP contribution in [0.4, 0.5) is 0 Å². The van der Waals surface area contributed by atoms with Gasteiger partial charge < -0.3 is 15.7 Å². The molecule has 1 amide bonds. The topological polar surface area (TPSA) is 61.4 Å². The van der Waals surface area contributed by atoms with Gasteiger partial charge in [-0.05, 0) is 44.1 Å². The Morgan fingerprint density at radius 3 is 2.76 bits per heavy atom. The Bertz CT molecular complexity index is 417. The second-order valence-corrected chi connectivity index (χ2v) is 4.60. The highest BCUT2D eigenvalue weighted by atomic mass is 35.5. The molecule has 0 aliphatic carbocycles. The van der Waals surface area contributed by atoms with Crippen molar-refractivity contribution in [3.8, 4) is 5.75 Å². The first-order valence-corrected chi connectivity index (χ1v) is 6.04. The van der Waals surface area contributed by atoms with Crippen LogP contribution in [0.1, 0.15) is 23.2 Å². The third kappa shape index (κ3) is 3.11. The molecule has 1 aromatic rings. The predicted octanol–water partition coefficient (Wildman–Crippen LogP) is 1.53. The van der Waals surface area contributed by atoms with Crippen molar-refractivity contribution in [2.45, 2.75) is 18.9 Å². The van der Waals surface area contributed by atoms with Crippen molar-refractivity contribution in [3.05, 3.63) is 28.8 Å². The predicted molar refractivity (Wildman–Crippen MR) is 66.5 cm³/mol. The number of phenols is 1. The first-order valence-electron chi connectivity index (χ1n) is 5.67. The Morgan fingerprint density at radius 2 is 2.12 bits per heavy atom. The molecule has 0 aromatic heterocycles. The summed E-state index contributed by atoms with van der Waals surface area (Å²) in [6.45, 7) is 1.83. The minimum Gasteiger partial charge on any atom is -0.507 e. The minimum atomic E-state index is -0.244. The largest absolute Gasteiger partial charge is 0.507 e. The van der Waals surface area contributed by atoms with Gasteiger partial charge in [-0.15, -0.1) is 0 Å². The number of rotatable bonds is 2. The lowest BCUT2D eigenvalue weighted by molar-refractivity contribution is 0.0927. The molecular formula is C12H15ClN2O2. The van der Waals surface area contributed by atoms with E-state index >= 15 is 0 Å². The molecule has 3 N–H and O–H groups in total. The fourth-order valence-electron chi connectivity index (χ4n) is 1.93. The second kappa shape index (κ2) is 5.38. The molecule has 1 fully saturated rings. The Balaban J connectivity index is 2.03. The highest BCUT2D eigenvalue weighted by Crippen LogP contribution is 2.22. The Morgan fingerprint density at radius 1 is 1.41 bits per heavy atom. The van der Waals surface area contributed by atoms with Crippen LogP contribution in [0.15, 0.2) is 18.2 Å². The van der Waals surface area contributed by atoms with Crippen molar-refractivity contribution in [1.82, 2.24) is 10.6 Å². The van der Waals surface area contributed by atoms with E-state index in [1.165, 1.54) is 12.1 Å². The van der Waals surface area contributed by atoms with Crippen molar-refractivity contribution in [2.24, 2.45) is 0 Å². The summed E-state index contributed by atoms with van der Waals surface area (Å²) >= 11 is 5.71. The number of hydrogen-bond acceptors (Lipinski definition) is 3. The monoisotopic (exact) mass is 254 g/mol.